The largest absolute Gasteiger partial charge is 0.306 e. The average molecular weight is 364 g/mol. The van der Waals surface area contributed by atoms with E-state index >= 15 is 0 Å². The van der Waals surface area contributed by atoms with Crippen molar-refractivity contribution in [3.8, 4) is 0 Å². The molecule has 20 heavy (non-hydrogen) atoms. The van der Waals surface area contributed by atoms with E-state index in [4.69, 9.17) is 0 Å². The van der Waals surface area contributed by atoms with Crippen LogP contribution in [0.1, 0.15) is 30.5 Å². The van der Waals surface area contributed by atoms with Crippen LogP contribution in [0.4, 0.5) is 13.2 Å². The van der Waals surface area contributed by atoms with Crippen molar-refractivity contribution in [1.82, 2.24) is 5.32 Å². The summed E-state index contributed by atoms with van der Waals surface area (Å²) in [5, 5.41) is 5.02. The van der Waals surface area contributed by atoms with E-state index in [1.165, 1.54) is 17.4 Å². The summed E-state index contributed by atoms with van der Waals surface area (Å²) >= 11 is 4.81. The molecule has 0 aliphatic rings. The van der Waals surface area contributed by atoms with Crippen molar-refractivity contribution in [2.45, 2.75) is 19.4 Å². The predicted octanol–water partition coefficient (Wildman–Crippen LogP) is 5.02. The van der Waals surface area contributed by atoms with Gasteiger partial charge in [-0.2, -0.15) is 0 Å². The van der Waals surface area contributed by atoms with E-state index in [-0.39, 0.29) is 5.56 Å². The summed E-state index contributed by atoms with van der Waals surface area (Å²) in [4.78, 5) is 0. The summed E-state index contributed by atoms with van der Waals surface area (Å²) in [6.07, 6.45) is 0.854. The Bertz CT molecular complexity index is 600. The van der Waals surface area contributed by atoms with E-state index in [9.17, 15) is 13.2 Å². The standard InChI is InChI=1S/C14H13BrF3NS/c1-2-5-19-14(8-6-11(15)20-7-8)9-3-4-10(16)13(18)12(9)17/h3-4,6-7,14,19H,2,5H2,1H3. The molecule has 2 aromatic rings. The zero-order valence-corrected chi connectivity index (χ0v) is 13.1. The molecule has 1 unspecified atom stereocenters. The Morgan fingerprint density at radius 1 is 1.25 bits per heavy atom. The highest BCUT2D eigenvalue weighted by Crippen LogP contribution is 2.31. The summed E-state index contributed by atoms with van der Waals surface area (Å²) in [5.41, 5.74) is 0.933. The molecule has 1 nitrogen and oxygen atoms in total. The fourth-order valence-electron chi connectivity index (χ4n) is 1.93. The summed E-state index contributed by atoms with van der Waals surface area (Å²) in [7, 11) is 0. The average Bonchev–Trinajstić information content (AvgIpc) is 2.85. The lowest BCUT2D eigenvalue weighted by molar-refractivity contribution is 0.432. The van der Waals surface area contributed by atoms with Gasteiger partial charge < -0.3 is 5.32 Å². The van der Waals surface area contributed by atoms with Crippen LogP contribution in [-0.2, 0) is 0 Å². The first-order valence-electron chi connectivity index (χ1n) is 6.15. The van der Waals surface area contributed by atoms with Crippen molar-refractivity contribution >= 4 is 27.3 Å². The van der Waals surface area contributed by atoms with E-state index in [1.807, 2.05) is 18.4 Å². The molecule has 2 rings (SSSR count). The zero-order valence-electron chi connectivity index (χ0n) is 10.7. The molecule has 1 aromatic carbocycles. The van der Waals surface area contributed by atoms with Crippen molar-refractivity contribution < 1.29 is 13.2 Å². The van der Waals surface area contributed by atoms with Gasteiger partial charge in [-0.3, -0.25) is 0 Å². The van der Waals surface area contributed by atoms with Gasteiger partial charge in [0.1, 0.15) is 0 Å². The quantitative estimate of drug-likeness (QED) is 0.735. The molecular formula is C14H13BrF3NS. The molecule has 0 bridgehead atoms. The SMILES string of the molecule is CCCNC(c1csc(Br)c1)c1ccc(F)c(F)c1F. The molecule has 0 radical (unpaired) electrons. The first-order chi connectivity index (χ1) is 9.54. The molecule has 0 spiro atoms. The highest BCUT2D eigenvalue weighted by Gasteiger charge is 2.22. The minimum atomic E-state index is -1.43. The minimum Gasteiger partial charge on any atom is -0.306 e. The zero-order chi connectivity index (χ0) is 14.7. The molecule has 1 N–H and O–H groups in total. The van der Waals surface area contributed by atoms with Crippen LogP contribution >= 0.6 is 27.3 Å². The van der Waals surface area contributed by atoms with Crippen molar-refractivity contribution in [2.24, 2.45) is 0 Å². The Morgan fingerprint density at radius 2 is 2.00 bits per heavy atom. The highest BCUT2D eigenvalue weighted by molar-refractivity contribution is 9.11. The maximum atomic E-state index is 14.0. The summed E-state index contributed by atoms with van der Waals surface area (Å²) in [6.45, 7) is 2.63. The van der Waals surface area contributed by atoms with Crippen molar-refractivity contribution in [3.63, 3.8) is 0 Å². The van der Waals surface area contributed by atoms with Crippen LogP contribution in [0.25, 0.3) is 0 Å². The Kier molecular flexibility index (Phi) is 5.23. The van der Waals surface area contributed by atoms with Crippen LogP contribution in [0, 0.1) is 17.5 Å². The molecule has 0 saturated carbocycles. The molecule has 1 heterocycles. The van der Waals surface area contributed by atoms with Gasteiger partial charge in [0.25, 0.3) is 0 Å². The number of benzene rings is 1. The second-order valence-corrected chi connectivity index (χ2v) is 6.63. The lowest BCUT2D eigenvalue weighted by atomic mass is 10.00. The van der Waals surface area contributed by atoms with E-state index in [1.54, 1.807) is 0 Å². The number of rotatable bonds is 5. The van der Waals surface area contributed by atoms with Gasteiger partial charge in [-0.1, -0.05) is 13.0 Å². The summed E-state index contributed by atoms with van der Waals surface area (Å²) in [5.74, 6) is -3.74. The Morgan fingerprint density at radius 3 is 2.60 bits per heavy atom. The van der Waals surface area contributed by atoms with Gasteiger partial charge in [-0.15, -0.1) is 11.3 Å². The topological polar surface area (TPSA) is 12.0 Å². The first kappa shape index (κ1) is 15.5. The third kappa shape index (κ3) is 3.24. The molecular weight excluding hydrogens is 351 g/mol. The van der Waals surface area contributed by atoms with Gasteiger partial charge in [-0.05, 0) is 52.0 Å². The molecule has 0 saturated heterocycles. The smallest absolute Gasteiger partial charge is 0.194 e. The fourth-order valence-corrected chi connectivity index (χ4v) is 3.14. The van der Waals surface area contributed by atoms with Crippen molar-refractivity contribution in [3.05, 3.63) is 55.9 Å². The van der Waals surface area contributed by atoms with E-state index in [0.717, 1.165) is 21.8 Å². The fraction of sp³-hybridized carbons (Fsp3) is 0.286. The molecule has 0 aliphatic heterocycles. The van der Waals surface area contributed by atoms with Gasteiger partial charge in [0.15, 0.2) is 17.5 Å². The van der Waals surface area contributed by atoms with E-state index < -0.39 is 23.5 Å². The third-order valence-corrected chi connectivity index (χ3v) is 4.42. The van der Waals surface area contributed by atoms with E-state index in [2.05, 4.69) is 21.2 Å². The molecule has 1 atom stereocenters. The predicted molar refractivity (Wildman–Crippen MR) is 78.5 cm³/mol. The summed E-state index contributed by atoms with van der Waals surface area (Å²) < 4.78 is 41.3. The van der Waals surface area contributed by atoms with Crippen LogP contribution in [-0.4, -0.2) is 6.54 Å². The minimum absolute atomic E-state index is 0.114. The lowest BCUT2D eigenvalue weighted by Gasteiger charge is -2.19. The molecule has 0 fully saturated rings. The third-order valence-electron chi connectivity index (χ3n) is 2.90. The van der Waals surface area contributed by atoms with Gasteiger partial charge in [-0.25, -0.2) is 13.2 Å². The van der Waals surface area contributed by atoms with Crippen LogP contribution < -0.4 is 5.32 Å². The summed E-state index contributed by atoms with van der Waals surface area (Å²) in [6, 6.07) is 3.59. The van der Waals surface area contributed by atoms with Crippen LogP contribution in [0.15, 0.2) is 27.4 Å². The normalized spacial score (nSPS) is 12.7. The second kappa shape index (κ2) is 6.74. The van der Waals surface area contributed by atoms with Gasteiger partial charge in [0, 0.05) is 5.56 Å². The van der Waals surface area contributed by atoms with Crippen LogP contribution in [0.2, 0.25) is 0 Å². The number of thiophene rings is 1. The molecule has 6 heteroatoms. The van der Waals surface area contributed by atoms with Gasteiger partial charge >= 0.3 is 0 Å². The number of hydrogen-bond donors (Lipinski definition) is 1. The number of nitrogens with one attached hydrogen (secondary N) is 1. The Labute approximate surface area is 128 Å². The van der Waals surface area contributed by atoms with Crippen molar-refractivity contribution in [2.75, 3.05) is 6.54 Å². The molecule has 1 aromatic heterocycles. The molecule has 0 aliphatic carbocycles. The monoisotopic (exact) mass is 363 g/mol. The highest BCUT2D eigenvalue weighted by atomic mass is 79.9. The van der Waals surface area contributed by atoms with Crippen LogP contribution in [0.3, 0.4) is 0 Å². The Balaban J connectivity index is 2.43. The van der Waals surface area contributed by atoms with E-state index in [0.29, 0.717) is 6.54 Å². The van der Waals surface area contributed by atoms with Gasteiger partial charge in [0.05, 0.1) is 9.83 Å². The van der Waals surface area contributed by atoms with Crippen molar-refractivity contribution in [1.29, 1.82) is 0 Å². The van der Waals surface area contributed by atoms with Crippen LogP contribution in [0.5, 0.6) is 0 Å². The number of hydrogen-bond acceptors (Lipinski definition) is 2. The van der Waals surface area contributed by atoms with Gasteiger partial charge in [0.2, 0.25) is 0 Å². The molecule has 0 amide bonds. The maximum absolute atomic E-state index is 14.0. The first-order valence-corrected chi connectivity index (χ1v) is 7.82. The molecule has 108 valence electrons. The maximum Gasteiger partial charge on any atom is 0.194 e. The number of halogens is 4. The second-order valence-electron chi connectivity index (χ2n) is 4.34. The lowest BCUT2D eigenvalue weighted by Crippen LogP contribution is -2.24. The Hall–Kier alpha value is -0.850.